The van der Waals surface area contributed by atoms with Crippen molar-refractivity contribution in [3.05, 3.63) is 51.5 Å². The average molecular weight is 278 g/mol. The van der Waals surface area contributed by atoms with Crippen LogP contribution in [-0.2, 0) is 11.5 Å². The van der Waals surface area contributed by atoms with Crippen molar-refractivity contribution in [1.29, 1.82) is 0 Å². The van der Waals surface area contributed by atoms with E-state index in [1.54, 1.807) is 29.2 Å². The SMILES string of the molecule is Cc1nc(CSCc2cccc(C(N)=O)c2)cs1. The van der Waals surface area contributed by atoms with E-state index in [0.29, 0.717) is 5.56 Å². The van der Waals surface area contributed by atoms with E-state index in [9.17, 15) is 4.79 Å². The van der Waals surface area contributed by atoms with Gasteiger partial charge < -0.3 is 5.73 Å². The summed E-state index contributed by atoms with van der Waals surface area (Å²) in [6, 6.07) is 7.45. The lowest BCUT2D eigenvalue weighted by Crippen LogP contribution is -2.10. The zero-order chi connectivity index (χ0) is 13.0. The molecule has 0 bridgehead atoms. The minimum Gasteiger partial charge on any atom is -0.366 e. The summed E-state index contributed by atoms with van der Waals surface area (Å²) in [6.07, 6.45) is 0. The number of benzene rings is 1. The van der Waals surface area contributed by atoms with Gasteiger partial charge in [-0.05, 0) is 24.6 Å². The van der Waals surface area contributed by atoms with Crippen molar-refractivity contribution in [1.82, 2.24) is 4.98 Å². The molecule has 0 saturated heterocycles. The lowest BCUT2D eigenvalue weighted by atomic mass is 10.1. The Balaban J connectivity index is 1.90. The first-order valence-corrected chi connectivity index (χ1v) is 7.56. The van der Waals surface area contributed by atoms with Crippen LogP contribution in [-0.4, -0.2) is 10.9 Å². The van der Waals surface area contributed by atoms with Crippen molar-refractivity contribution >= 4 is 29.0 Å². The van der Waals surface area contributed by atoms with E-state index in [4.69, 9.17) is 5.73 Å². The van der Waals surface area contributed by atoms with Crippen LogP contribution in [0.5, 0.6) is 0 Å². The fourth-order valence-electron chi connectivity index (χ4n) is 1.56. The first-order chi connectivity index (χ1) is 8.65. The number of hydrogen-bond donors (Lipinski definition) is 1. The molecule has 18 heavy (non-hydrogen) atoms. The molecule has 1 aromatic carbocycles. The Morgan fingerprint density at radius 2 is 2.28 bits per heavy atom. The summed E-state index contributed by atoms with van der Waals surface area (Å²) in [7, 11) is 0. The number of aromatic nitrogens is 1. The van der Waals surface area contributed by atoms with Crippen LogP contribution in [0.3, 0.4) is 0 Å². The summed E-state index contributed by atoms with van der Waals surface area (Å²) in [5, 5.41) is 3.18. The molecular weight excluding hydrogens is 264 g/mol. The molecule has 3 nitrogen and oxygen atoms in total. The van der Waals surface area contributed by atoms with Crippen molar-refractivity contribution in [2.24, 2.45) is 5.73 Å². The third-order valence-electron chi connectivity index (χ3n) is 2.40. The van der Waals surface area contributed by atoms with Crippen LogP contribution >= 0.6 is 23.1 Å². The summed E-state index contributed by atoms with van der Waals surface area (Å²) in [5.41, 5.74) is 8.05. The van der Waals surface area contributed by atoms with Gasteiger partial charge >= 0.3 is 0 Å². The van der Waals surface area contributed by atoms with Gasteiger partial charge in [0.2, 0.25) is 5.91 Å². The molecule has 0 atom stereocenters. The fourth-order valence-corrected chi connectivity index (χ4v) is 3.15. The second kappa shape index (κ2) is 6.02. The number of hydrogen-bond acceptors (Lipinski definition) is 4. The van der Waals surface area contributed by atoms with Gasteiger partial charge in [-0.3, -0.25) is 4.79 Å². The monoisotopic (exact) mass is 278 g/mol. The Kier molecular flexibility index (Phi) is 4.38. The Labute approximate surface area is 114 Å². The lowest BCUT2D eigenvalue weighted by Gasteiger charge is -2.02. The van der Waals surface area contributed by atoms with Crippen LogP contribution in [0.15, 0.2) is 29.6 Å². The van der Waals surface area contributed by atoms with E-state index >= 15 is 0 Å². The van der Waals surface area contributed by atoms with Gasteiger partial charge in [-0.2, -0.15) is 11.8 Å². The number of primary amides is 1. The minimum atomic E-state index is -0.378. The van der Waals surface area contributed by atoms with E-state index in [2.05, 4.69) is 10.4 Å². The summed E-state index contributed by atoms with van der Waals surface area (Å²) in [4.78, 5) is 15.5. The number of rotatable bonds is 5. The van der Waals surface area contributed by atoms with Gasteiger partial charge in [0.15, 0.2) is 0 Å². The highest BCUT2D eigenvalue weighted by molar-refractivity contribution is 7.97. The average Bonchev–Trinajstić information content (AvgIpc) is 2.75. The molecule has 1 heterocycles. The number of carbonyl (C=O) groups excluding carboxylic acids is 1. The quantitative estimate of drug-likeness (QED) is 0.914. The first-order valence-electron chi connectivity index (χ1n) is 5.52. The molecule has 94 valence electrons. The third kappa shape index (κ3) is 3.58. The largest absolute Gasteiger partial charge is 0.366 e. The van der Waals surface area contributed by atoms with Crippen molar-refractivity contribution in [3.8, 4) is 0 Å². The number of thioether (sulfide) groups is 1. The summed E-state index contributed by atoms with van der Waals surface area (Å²) >= 11 is 3.46. The molecule has 2 rings (SSSR count). The molecule has 0 spiro atoms. The molecule has 1 amide bonds. The van der Waals surface area contributed by atoms with E-state index in [1.807, 2.05) is 25.1 Å². The van der Waals surface area contributed by atoms with Crippen LogP contribution in [0, 0.1) is 6.92 Å². The second-order valence-corrected chi connectivity index (χ2v) is 5.96. The maximum atomic E-state index is 11.1. The van der Waals surface area contributed by atoms with Gasteiger partial charge in [0.25, 0.3) is 0 Å². The first kappa shape index (κ1) is 13.1. The summed E-state index contributed by atoms with van der Waals surface area (Å²) in [6.45, 7) is 2.01. The highest BCUT2D eigenvalue weighted by Gasteiger charge is 2.02. The Morgan fingerprint density at radius 1 is 1.44 bits per heavy atom. The standard InChI is InChI=1S/C13H14N2OS2/c1-9-15-12(8-18-9)7-17-6-10-3-2-4-11(5-10)13(14)16/h2-5,8H,6-7H2,1H3,(H2,14,16). The molecule has 0 unspecified atom stereocenters. The molecule has 0 saturated carbocycles. The molecule has 5 heteroatoms. The van der Waals surface area contributed by atoms with Gasteiger partial charge in [-0.15, -0.1) is 11.3 Å². The maximum Gasteiger partial charge on any atom is 0.248 e. The normalized spacial score (nSPS) is 10.5. The maximum absolute atomic E-state index is 11.1. The number of amides is 1. The topological polar surface area (TPSA) is 56.0 Å². The lowest BCUT2D eigenvalue weighted by molar-refractivity contribution is 0.1000. The predicted octanol–water partition coefficient (Wildman–Crippen LogP) is 2.98. The number of thiazole rings is 1. The Morgan fingerprint density at radius 3 is 2.94 bits per heavy atom. The number of nitrogens with two attached hydrogens (primary N) is 1. The van der Waals surface area contributed by atoms with Crippen LogP contribution in [0.2, 0.25) is 0 Å². The molecule has 2 aromatic rings. The number of nitrogens with zero attached hydrogens (tertiary/aromatic N) is 1. The van der Waals surface area contributed by atoms with Crippen LogP contribution in [0.1, 0.15) is 26.6 Å². The van der Waals surface area contributed by atoms with Gasteiger partial charge in [-0.1, -0.05) is 12.1 Å². The van der Waals surface area contributed by atoms with Crippen LogP contribution in [0.25, 0.3) is 0 Å². The van der Waals surface area contributed by atoms with E-state index in [0.717, 1.165) is 27.8 Å². The van der Waals surface area contributed by atoms with E-state index in [-0.39, 0.29) is 5.91 Å². The highest BCUT2D eigenvalue weighted by Crippen LogP contribution is 2.19. The molecule has 1 aromatic heterocycles. The van der Waals surface area contributed by atoms with Gasteiger partial charge in [-0.25, -0.2) is 4.98 Å². The molecule has 0 radical (unpaired) electrons. The fraction of sp³-hybridized carbons (Fsp3) is 0.231. The van der Waals surface area contributed by atoms with Crippen LogP contribution < -0.4 is 5.73 Å². The van der Waals surface area contributed by atoms with Crippen LogP contribution in [0.4, 0.5) is 0 Å². The van der Waals surface area contributed by atoms with Crippen molar-refractivity contribution < 1.29 is 4.79 Å². The van der Waals surface area contributed by atoms with Gasteiger partial charge in [0.1, 0.15) is 0 Å². The zero-order valence-electron chi connectivity index (χ0n) is 10.1. The number of carbonyl (C=O) groups is 1. The summed E-state index contributed by atoms with van der Waals surface area (Å²) in [5.74, 6) is 1.38. The third-order valence-corrected chi connectivity index (χ3v) is 4.26. The zero-order valence-corrected chi connectivity index (χ0v) is 11.7. The van der Waals surface area contributed by atoms with Crippen molar-refractivity contribution in [3.63, 3.8) is 0 Å². The molecule has 0 aliphatic heterocycles. The Hall–Kier alpha value is -1.33. The minimum absolute atomic E-state index is 0.378. The van der Waals surface area contributed by atoms with Crippen molar-refractivity contribution in [2.45, 2.75) is 18.4 Å². The predicted molar refractivity (Wildman–Crippen MR) is 76.8 cm³/mol. The molecule has 0 fully saturated rings. The molecule has 0 aliphatic carbocycles. The smallest absolute Gasteiger partial charge is 0.248 e. The van der Waals surface area contributed by atoms with Gasteiger partial charge in [0.05, 0.1) is 10.7 Å². The van der Waals surface area contributed by atoms with E-state index in [1.165, 1.54) is 0 Å². The van der Waals surface area contributed by atoms with Gasteiger partial charge in [0, 0.05) is 22.4 Å². The number of aryl methyl sites for hydroxylation is 1. The molecular formula is C13H14N2OS2. The highest BCUT2D eigenvalue weighted by atomic mass is 32.2. The summed E-state index contributed by atoms with van der Waals surface area (Å²) < 4.78 is 0. The second-order valence-electron chi connectivity index (χ2n) is 3.92. The molecule has 0 aliphatic rings. The Bertz CT molecular complexity index is 551. The molecule has 2 N–H and O–H groups in total. The van der Waals surface area contributed by atoms with Crippen molar-refractivity contribution in [2.75, 3.05) is 0 Å². The van der Waals surface area contributed by atoms with E-state index < -0.39 is 0 Å².